The van der Waals surface area contributed by atoms with Gasteiger partial charge in [0.25, 0.3) is 5.91 Å². The Labute approximate surface area is 122 Å². The Bertz CT molecular complexity index is 515. The predicted molar refractivity (Wildman–Crippen MR) is 74.9 cm³/mol. The molecule has 7 nitrogen and oxygen atoms in total. The van der Waals surface area contributed by atoms with Gasteiger partial charge in [0.2, 0.25) is 0 Å². The number of furan rings is 1. The third kappa shape index (κ3) is 3.10. The lowest BCUT2D eigenvalue weighted by atomic mass is 9.79. The van der Waals surface area contributed by atoms with Gasteiger partial charge in [-0.25, -0.2) is 0 Å². The predicted octanol–water partition coefficient (Wildman–Crippen LogP) is 1.81. The van der Waals surface area contributed by atoms with Gasteiger partial charge in [-0.2, -0.15) is 0 Å². The molecule has 1 saturated heterocycles. The number of hydrogen-bond acceptors (Lipinski definition) is 5. The van der Waals surface area contributed by atoms with Crippen molar-refractivity contribution < 1.29 is 14.1 Å². The second kappa shape index (κ2) is 5.80. The van der Waals surface area contributed by atoms with Crippen LogP contribution in [0, 0.1) is 15.5 Å². The fourth-order valence-electron chi connectivity index (χ4n) is 2.24. The van der Waals surface area contributed by atoms with Crippen molar-refractivity contribution in [3.8, 4) is 0 Å². The highest BCUT2D eigenvalue weighted by atomic mass is 35.5. The van der Waals surface area contributed by atoms with E-state index >= 15 is 0 Å². The molecule has 1 aromatic rings. The van der Waals surface area contributed by atoms with Crippen molar-refractivity contribution in [1.29, 1.82) is 0 Å². The third-order valence-electron chi connectivity index (χ3n) is 3.58. The molecular weight excluding hydrogens is 286 g/mol. The number of likely N-dealkylation sites (tertiary alicyclic amines) is 1. The number of nitro groups is 1. The normalized spacial score (nSPS) is 21.1. The number of carbonyl (C=O) groups excluding carboxylic acids is 1. The van der Waals surface area contributed by atoms with Crippen LogP contribution >= 0.6 is 12.4 Å². The molecule has 1 fully saturated rings. The molecule has 20 heavy (non-hydrogen) atoms. The van der Waals surface area contributed by atoms with E-state index in [1.54, 1.807) is 4.90 Å². The maximum Gasteiger partial charge on any atom is 0.433 e. The van der Waals surface area contributed by atoms with Crippen molar-refractivity contribution in [3.05, 3.63) is 28.0 Å². The molecule has 2 N–H and O–H groups in total. The van der Waals surface area contributed by atoms with Gasteiger partial charge in [-0.15, -0.1) is 12.4 Å². The van der Waals surface area contributed by atoms with E-state index in [9.17, 15) is 14.9 Å². The van der Waals surface area contributed by atoms with E-state index in [4.69, 9.17) is 10.2 Å². The quantitative estimate of drug-likeness (QED) is 0.663. The Morgan fingerprint density at radius 3 is 2.70 bits per heavy atom. The molecule has 1 amide bonds. The van der Waals surface area contributed by atoms with E-state index in [1.165, 1.54) is 12.1 Å². The van der Waals surface area contributed by atoms with Crippen molar-refractivity contribution in [3.63, 3.8) is 0 Å². The third-order valence-corrected chi connectivity index (χ3v) is 3.58. The summed E-state index contributed by atoms with van der Waals surface area (Å²) in [6.45, 7) is 5.06. The van der Waals surface area contributed by atoms with Crippen molar-refractivity contribution >= 4 is 24.2 Å². The summed E-state index contributed by atoms with van der Waals surface area (Å²) in [5, 5.41) is 10.5. The van der Waals surface area contributed by atoms with Gasteiger partial charge in [-0.1, -0.05) is 13.8 Å². The number of halogens is 1. The van der Waals surface area contributed by atoms with Gasteiger partial charge in [0.15, 0.2) is 5.76 Å². The van der Waals surface area contributed by atoms with E-state index in [1.807, 2.05) is 13.8 Å². The van der Waals surface area contributed by atoms with Crippen LogP contribution in [0.25, 0.3) is 0 Å². The monoisotopic (exact) mass is 303 g/mol. The Balaban J connectivity index is 0.00000200. The molecule has 0 spiro atoms. The van der Waals surface area contributed by atoms with Crippen molar-refractivity contribution in [2.24, 2.45) is 11.1 Å². The molecule has 1 unspecified atom stereocenters. The second-order valence-electron chi connectivity index (χ2n) is 5.51. The van der Waals surface area contributed by atoms with Gasteiger partial charge in [0.1, 0.15) is 4.92 Å². The lowest BCUT2D eigenvalue weighted by Crippen LogP contribution is -2.53. The first-order valence-corrected chi connectivity index (χ1v) is 6.10. The minimum absolute atomic E-state index is 0. The largest absolute Gasteiger partial charge is 0.433 e. The van der Waals surface area contributed by atoms with Crippen LogP contribution in [0.5, 0.6) is 0 Å². The van der Waals surface area contributed by atoms with Gasteiger partial charge in [-0.3, -0.25) is 14.9 Å². The molecule has 1 aliphatic heterocycles. The van der Waals surface area contributed by atoms with Crippen LogP contribution in [0.2, 0.25) is 0 Å². The van der Waals surface area contributed by atoms with Crippen LogP contribution in [0.3, 0.4) is 0 Å². The smallest absolute Gasteiger partial charge is 0.395 e. The lowest BCUT2D eigenvalue weighted by Gasteiger charge is -2.42. The Hall–Kier alpha value is -1.60. The van der Waals surface area contributed by atoms with Crippen molar-refractivity contribution in [2.45, 2.75) is 26.3 Å². The summed E-state index contributed by atoms with van der Waals surface area (Å²) >= 11 is 0. The lowest BCUT2D eigenvalue weighted by molar-refractivity contribution is -0.402. The molecule has 2 heterocycles. The highest BCUT2D eigenvalue weighted by Gasteiger charge is 2.36. The molecule has 0 aliphatic carbocycles. The second-order valence-corrected chi connectivity index (χ2v) is 5.51. The average Bonchev–Trinajstić information content (AvgIpc) is 2.81. The van der Waals surface area contributed by atoms with Crippen LogP contribution in [0.4, 0.5) is 5.88 Å². The summed E-state index contributed by atoms with van der Waals surface area (Å²) < 4.78 is 4.93. The average molecular weight is 304 g/mol. The summed E-state index contributed by atoms with van der Waals surface area (Å²) in [5.41, 5.74) is 5.83. The van der Waals surface area contributed by atoms with Crippen LogP contribution in [0.1, 0.15) is 30.8 Å². The minimum atomic E-state index is -0.660. The van der Waals surface area contributed by atoms with Gasteiger partial charge >= 0.3 is 5.88 Å². The van der Waals surface area contributed by atoms with Crippen LogP contribution < -0.4 is 5.73 Å². The Kier molecular flexibility index (Phi) is 4.77. The molecule has 0 bridgehead atoms. The molecule has 0 radical (unpaired) electrons. The highest BCUT2D eigenvalue weighted by molar-refractivity contribution is 5.91. The fraction of sp³-hybridized carbons (Fsp3) is 0.583. The Morgan fingerprint density at radius 2 is 2.20 bits per heavy atom. The fourth-order valence-corrected chi connectivity index (χ4v) is 2.24. The number of hydrogen-bond donors (Lipinski definition) is 1. The summed E-state index contributed by atoms with van der Waals surface area (Å²) in [4.78, 5) is 23.7. The van der Waals surface area contributed by atoms with Crippen molar-refractivity contribution in [1.82, 2.24) is 4.90 Å². The van der Waals surface area contributed by atoms with E-state index in [0.717, 1.165) is 0 Å². The van der Waals surface area contributed by atoms with Crippen LogP contribution in [-0.4, -0.2) is 34.9 Å². The van der Waals surface area contributed by atoms with Gasteiger partial charge < -0.3 is 15.1 Å². The first-order chi connectivity index (χ1) is 8.81. The minimum Gasteiger partial charge on any atom is -0.395 e. The summed E-state index contributed by atoms with van der Waals surface area (Å²) in [6.07, 6.45) is 0.710. The number of nitrogens with two attached hydrogens (primary N) is 1. The first kappa shape index (κ1) is 16.5. The van der Waals surface area contributed by atoms with E-state index in [2.05, 4.69) is 0 Å². The zero-order valence-electron chi connectivity index (χ0n) is 11.4. The molecule has 0 aromatic carbocycles. The van der Waals surface area contributed by atoms with Gasteiger partial charge in [-0.05, 0) is 17.9 Å². The van der Waals surface area contributed by atoms with Crippen LogP contribution in [0.15, 0.2) is 16.5 Å². The molecular formula is C12H18ClN3O4. The molecule has 2 rings (SSSR count). The molecule has 1 aromatic heterocycles. The topological polar surface area (TPSA) is 103 Å². The Morgan fingerprint density at radius 1 is 1.55 bits per heavy atom. The van der Waals surface area contributed by atoms with Crippen molar-refractivity contribution in [2.75, 3.05) is 13.1 Å². The maximum absolute atomic E-state index is 12.2. The molecule has 1 aliphatic rings. The summed E-state index contributed by atoms with van der Waals surface area (Å²) in [6, 6.07) is 2.57. The number of amides is 1. The van der Waals surface area contributed by atoms with Gasteiger partial charge in [0, 0.05) is 19.1 Å². The first-order valence-electron chi connectivity index (χ1n) is 6.10. The number of carbonyl (C=O) groups is 1. The van der Waals surface area contributed by atoms with E-state index in [0.29, 0.717) is 19.5 Å². The van der Waals surface area contributed by atoms with Gasteiger partial charge in [0.05, 0.1) is 6.07 Å². The zero-order valence-corrected chi connectivity index (χ0v) is 12.2. The van der Waals surface area contributed by atoms with Crippen LogP contribution in [-0.2, 0) is 0 Å². The van der Waals surface area contributed by atoms with E-state index in [-0.39, 0.29) is 35.5 Å². The van der Waals surface area contributed by atoms with E-state index < -0.39 is 10.8 Å². The summed E-state index contributed by atoms with van der Waals surface area (Å²) in [7, 11) is 0. The number of nitrogens with zero attached hydrogens (tertiary/aromatic N) is 2. The highest BCUT2D eigenvalue weighted by Crippen LogP contribution is 2.29. The number of piperidine rings is 1. The zero-order chi connectivity index (χ0) is 14.2. The molecule has 112 valence electrons. The standard InChI is InChI=1S/C12H17N3O4.ClH/c1-12(2)7-14(6-5-9(12)13)11(16)8-3-4-10(19-8)15(17)18;/h3-4,9H,5-7,13H2,1-2H3;1H. The molecule has 8 heteroatoms. The SMILES string of the molecule is CC1(C)CN(C(=O)c2ccc([N+](=O)[O-])o2)CCC1N.Cl. The molecule has 1 atom stereocenters. The maximum atomic E-state index is 12.2. The summed E-state index contributed by atoms with van der Waals surface area (Å²) in [5.74, 6) is -0.748. The number of rotatable bonds is 2. The molecule has 0 saturated carbocycles.